The van der Waals surface area contributed by atoms with Crippen molar-refractivity contribution >= 4 is 33.3 Å². The number of aromatic nitrogens is 2. The Morgan fingerprint density at radius 2 is 2.14 bits per heavy atom. The van der Waals surface area contributed by atoms with Crippen LogP contribution < -0.4 is 10.6 Å². The van der Waals surface area contributed by atoms with Gasteiger partial charge in [0.2, 0.25) is 5.95 Å². The van der Waals surface area contributed by atoms with Gasteiger partial charge in [0.15, 0.2) is 0 Å². The molecule has 0 saturated heterocycles. The molecule has 6 heteroatoms. The number of aryl methyl sites for hydroxylation is 1. The molecule has 1 fully saturated rings. The van der Waals surface area contributed by atoms with Gasteiger partial charge in [-0.3, -0.25) is 0 Å². The molecule has 2 atom stereocenters. The topological polar surface area (TPSA) is 70.1 Å². The van der Waals surface area contributed by atoms with Crippen molar-refractivity contribution in [2.45, 2.75) is 51.7 Å². The Morgan fingerprint density at radius 3 is 2.90 bits per heavy atom. The predicted octanol–water partition coefficient (Wildman–Crippen LogP) is 3.15. The Kier molecular flexibility index (Phi) is 4.26. The molecule has 3 rings (SSSR count). The van der Waals surface area contributed by atoms with E-state index in [1.54, 1.807) is 11.3 Å². The first-order chi connectivity index (χ1) is 10.2. The minimum absolute atomic E-state index is 0.0894. The minimum atomic E-state index is -0.286. The average molecular weight is 306 g/mol. The van der Waals surface area contributed by atoms with E-state index >= 15 is 0 Å². The number of aliphatic hydroxyl groups is 1. The van der Waals surface area contributed by atoms with E-state index in [1.807, 2.05) is 6.92 Å². The summed E-state index contributed by atoms with van der Waals surface area (Å²) in [6.45, 7) is 4.91. The van der Waals surface area contributed by atoms with Crippen molar-refractivity contribution in [3.8, 4) is 0 Å². The number of thiophene rings is 1. The molecule has 2 unspecified atom stereocenters. The summed E-state index contributed by atoms with van der Waals surface area (Å²) in [5.41, 5.74) is 0. The SMILES string of the molecule is CCNc1nc(NC2CCCCC2O)c2cc(C)sc2n1. The van der Waals surface area contributed by atoms with Crippen LogP contribution in [0.25, 0.3) is 10.2 Å². The summed E-state index contributed by atoms with van der Waals surface area (Å²) in [5, 5.41) is 17.8. The normalized spacial score (nSPS) is 22.4. The summed E-state index contributed by atoms with van der Waals surface area (Å²) in [6.07, 6.45) is 3.84. The number of nitrogens with one attached hydrogen (secondary N) is 2. The molecule has 0 bridgehead atoms. The zero-order valence-electron chi connectivity index (χ0n) is 12.5. The molecule has 114 valence electrons. The molecule has 1 saturated carbocycles. The Labute approximate surface area is 128 Å². The fourth-order valence-electron chi connectivity index (χ4n) is 2.84. The van der Waals surface area contributed by atoms with Crippen molar-refractivity contribution in [2.75, 3.05) is 17.2 Å². The van der Waals surface area contributed by atoms with Gasteiger partial charge >= 0.3 is 0 Å². The van der Waals surface area contributed by atoms with E-state index in [1.165, 1.54) is 4.88 Å². The third-order valence-corrected chi connectivity index (χ3v) is 4.85. The van der Waals surface area contributed by atoms with Gasteiger partial charge in [0, 0.05) is 11.4 Å². The number of fused-ring (bicyclic) bond motifs is 1. The third kappa shape index (κ3) is 3.11. The van der Waals surface area contributed by atoms with E-state index in [9.17, 15) is 5.11 Å². The molecule has 0 radical (unpaired) electrons. The highest BCUT2D eigenvalue weighted by molar-refractivity contribution is 7.18. The summed E-state index contributed by atoms with van der Waals surface area (Å²) >= 11 is 1.68. The molecule has 1 aliphatic carbocycles. The van der Waals surface area contributed by atoms with Crippen LogP contribution in [0.3, 0.4) is 0 Å². The molecule has 0 aromatic carbocycles. The van der Waals surface area contributed by atoms with Crippen molar-refractivity contribution in [3.63, 3.8) is 0 Å². The number of nitrogens with zero attached hydrogens (tertiary/aromatic N) is 2. The van der Waals surface area contributed by atoms with Crippen LogP contribution in [0.4, 0.5) is 11.8 Å². The first-order valence-corrected chi connectivity index (χ1v) is 8.45. The second-order valence-corrected chi connectivity index (χ2v) is 6.84. The number of rotatable bonds is 4. The smallest absolute Gasteiger partial charge is 0.226 e. The van der Waals surface area contributed by atoms with Crippen LogP contribution in [-0.4, -0.2) is 33.8 Å². The lowest BCUT2D eigenvalue weighted by Gasteiger charge is -2.29. The van der Waals surface area contributed by atoms with Crippen molar-refractivity contribution in [2.24, 2.45) is 0 Å². The van der Waals surface area contributed by atoms with E-state index in [4.69, 9.17) is 0 Å². The van der Waals surface area contributed by atoms with Gasteiger partial charge in [-0.05, 0) is 32.8 Å². The largest absolute Gasteiger partial charge is 0.391 e. The van der Waals surface area contributed by atoms with Gasteiger partial charge in [-0.15, -0.1) is 11.3 Å². The summed E-state index contributed by atoms with van der Waals surface area (Å²) in [6, 6.07) is 2.21. The standard InChI is InChI=1S/C15H22N4OS/c1-3-16-15-18-13(10-8-9(2)21-14(10)19-15)17-11-6-4-5-7-12(11)20/h8,11-12,20H,3-7H2,1-2H3,(H2,16,17,18,19). The first-order valence-electron chi connectivity index (χ1n) is 7.64. The van der Waals surface area contributed by atoms with E-state index < -0.39 is 0 Å². The third-order valence-electron chi connectivity index (χ3n) is 3.90. The van der Waals surface area contributed by atoms with Crippen molar-refractivity contribution < 1.29 is 5.11 Å². The fourth-order valence-corrected chi connectivity index (χ4v) is 3.72. The van der Waals surface area contributed by atoms with Crippen LogP contribution in [0.1, 0.15) is 37.5 Å². The Balaban J connectivity index is 1.94. The van der Waals surface area contributed by atoms with Gasteiger partial charge in [0.1, 0.15) is 10.6 Å². The minimum Gasteiger partial charge on any atom is -0.391 e. The van der Waals surface area contributed by atoms with E-state index in [-0.39, 0.29) is 12.1 Å². The summed E-state index contributed by atoms with van der Waals surface area (Å²) in [7, 11) is 0. The van der Waals surface area contributed by atoms with Crippen molar-refractivity contribution in [3.05, 3.63) is 10.9 Å². The molecule has 3 N–H and O–H groups in total. The van der Waals surface area contributed by atoms with Gasteiger partial charge in [0.25, 0.3) is 0 Å². The lowest BCUT2D eigenvalue weighted by atomic mass is 9.92. The average Bonchev–Trinajstić information content (AvgIpc) is 2.82. The van der Waals surface area contributed by atoms with E-state index in [0.717, 1.165) is 48.3 Å². The molecule has 0 amide bonds. The maximum Gasteiger partial charge on any atom is 0.226 e. The van der Waals surface area contributed by atoms with Gasteiger partial charge in [-0.2, -0.15) is 4.98 Å². The van der Waals surface area contributed by atoms with Crippen LogP contribution >= 0.6 is 11.3 Å². The van der Waals surface area contributed by atoms with Crippen LogP contribution in [0.2, 0.25) is 0 Å². The summed E-state index contributed by atoms with van der Waals surface area (Å²) in [5.74, 6) is 1.49. The van der Waals surface area contributed by atoms with Crippen molar-refractivity contribution in [1.29, 1.82) is 0 Å². The molecular formula is C15H22N4OS. The van der Waals surface area contributed by atoms with Crippen LogP contribution in [0.5, 0.6) is 0 Å². The highest BCUT2D eigenvalue weighted by atomic mass is 32.1. The second kappa shape index (κ2) is 6.15. The zero-order valence-corrected chi connectivity index (χ0v) is 13.3. The van der Waals surface area contributed by atoms with Crippen LogP contribution in [0.15, 0.2) is 6.07 Å². The zero-order chi connectivity index (χ0) is 14.8. The molecule has 21 heavy (non-hydrogen) atoms. The molecule has 2 aromatic heterocycles. The summed E-state index contributed by atoms with van der Waals surface area (Å²) < 4.78 is 0. The summed E-state index contributed by atoms with van der Waals surface area (Å²) in [4.78, 5) is 11.4. The van der Waals surface area contributed by atoms with Crippen molar-refractivity contribution in [1.82, 2.24) is 9.97 Å². The number of hydrogen-bond acceptors (Lipinski definition) is 6. The second-order valence-electron chi connectivity index (χ2n) is 5.60. The molecule has 0 aliphatic heterocycles. The molecule has 2 heterocycles. The van der Waals surface area contributed by atoms with Gasteiger partial charge in [-0.25, -0.2) is 4.98 Å². The maximum absolute atomic E-state index is 10.2. The van der Waals surface area contributed by atoms with Gasteiger partial charge < -0.3 is 15.7 Å². The quantitative estimate of drug-likeness (QED) is 0.809. The molecule has 2 aromatic rings. The van der Waals surface area contributed by atoms with Gasteiger partial charge in [0.05, 0.1) is 17.5 Å². The fraction of sp³-hybridized carbons (Fsp3) is 0.600. The van der Waals surface area contributed by atoms with Crippen LogP contribution in [0, 0.1) is 6.92 Å². The maximum atomic E-state index is 10.2. The Morgan fingerprint density at radius 1 is 1.33 bits per heavy atom. The molecule has 1 aliphatic rings. The molecule has 0 spiro atoms. The van der Waals surface area contributed by atoms with E-state index in [2.05, 4.69) is 33.6 Å². The Hall–Kier alpha value is -1.40. The van der Waals surface area contributed by atoms with E-state index in [0.29, 0.717) is 5.95 Å². The Bertz CT molecular complexity index is 627. The number of hydrogen-bond donors (Lipinski definition) is 3. The highest BCUT2D eigenvalue weighted by Crippen LogP contribution is 2.31. The molecule has 5 nitrogen and oxygen atoms in total. The number of anilines is 2. The lowest BCUT2D eigenvalue weighted by Crippen LogP contribution is -2.36. The number of aliphatic hydroxyl groups excluding tert-OH is 1. The van der Waals surface area contributed by atoms with Crippen LogP contribution in [-0.2, 0) is 0 Å². The molecular weight excluding hydrogens is 284 g/mol. The first kappa shape index (κ1) is 14.5. The lowest BCUT2D eigenvalue weighted by molar-refractivity contribution is 0.116. The highest BCUT2D eigenvalue weighted by Gasteiger charge is 2.24. The monoisotopic (exact) mass is 306 g/mol. The predicted molar refractivity (Wildman–Crippen MR) is 88.2 cm³/mol. The van der Waals surface area contributed by atoms with Gasteiger partial charge in [-0.1, -0.05) is 12.8 Å².